The second-order valence-corrected chi connectivity index (χ2v) is 7.61. The fraction of sp³-hybridized carbons (Fsp3) is 0.222. The number of nitrogens with zero attached hydrogens (tertiary/aromatic N) is 1. The lowest BCUT2D eigenvalue weighted by Crippen LogP contribution is -2.56. The van der Waals surface area contributed by atoms with Crippen molar-refractivity contribution in [3.8, 4) is 0 Å². The number of amides is 2. The maximum atomic E-state index is 12.9. The maximum Gasteiger partial charge on any atom is 0.274 e. The Morgan fingerprint density at radius 1 is 0.920 bits per heavy atom. The van der Waals surface area contributed by atoms with Gasteiger partial charge in [-0.1, -0.05) is 46.9 Å². The van der Waals surface area contributed by atoms with Crippen LogP contribution in [0.4, 0.5) is 0 Å². The third kappa shape index (κ3) is 4.66. The number of hydrogen-bond donors (Lipinski definition) is 1. The molecule has 0 aliphatic heterocycles. The Balaban J connectivity index is 2.35. The van der Waals surface area contributed by atoms with Crippen molar-refractivity contribution < 1.29 is 9.59 Å². The van der Waals surface area contributed by atoms with Crippen molar-refractivity contribution in [3.63, 3.8) is 0 Å². The molecule has 0 aromatic heterocycles. The van der Waals surface area contributed by atoms with Crippen LogP contribution >= 0.6 is 34.8 Å². The Morgan fingerprint density at radius 2 is 1.56 bits per heavy atom. The van der Waals surface area contributed by atoms with Gasteiger partial charge in [-0.05, 0) is 51.1 Å². The molecule has 132 valence electrons. The molecule has 0 saturated carbocycles. The molecule has 0 radical (unpaired) electrons. The van der Waals surface area contributed by atoms with Crippen LogP contribution in [-0.2, 0) is 0 Å². The van der Waals surface area contributed by atoms with Gasteiger partial charge in [0.25, 0.3) is 11.8 Å². The SMILES string of the molecule is CC(C)(C)N(NC(=O)c1ccccc1Cl)C(=O)c1ccc(Cl)cc1Cl. The maximum absolute atomic E-state index is 12.9. The van der Waals surface area contributed by atoms with Crippen molar-refractivity contribution in [3.05, 3.63) is 68.7 Å². The molecule has 2 aromatic carbocycles. The van der Waals surface area contributed by atoms with Crippen molar-refractivity contribution >= 4 is 46.6 Å². The molecular formula is C18H17Cl3N2O2. The fourth-order valence-corrected chi connectivity index (χ4v) is 2.82. The van der Waals surface area contributed by atoms with E-state index in [1.54, 1.807) is 51.1 Å². The third-order valence-electron chi connectivity index (χ3n) is 3.37. The van der Waals surface area contributed by atoms with E-state index in [9.17, 15) is 9.59 Å². The second kappa shape index (κ2) is 7.65. The zero-order chi connectivity index (χ0) is 18.8. The van der Waals surface area contributed by atoms with Gasteiger partial charge in [0.15, 0.2) is 0 Å². The van der Waals surface area contributed by atoms with Gasteiger partial charge in [0, 0.05) is 5.02 Å². The second-order valence-electron chi connectivity index (χ2n) is 6.36. The Labute approximate surface area is 161 Å². The predicted octanol–water partition coefficient (Wildman–Crippen LogP) is 5.23. The van der Waals surface area contributed by atoms with Gasteiger partial charge < -0.3 is 0 Å². The first-order valence-electron chi connectivity index (χ1n) is 7.46. The van der Waals surface area contributed by atoms with Crippen LogP contribution in [0.2, 0.25) is 15.1 Å². The smallest absolute Gasteiger partial charge is 0.267 e. The van der Waals surface area contributed by atoms with Crippen LogP contribution in [0, 0.1) is 0 Å². The lowest BCUT2D eigenvalue weighted by molar-refractivity contribution is 0.0359. The number of rotatable bonds is 2. The molecule has 2 rings (SSSR count). The number of nitrogens with one attached hydrogen (secondary N) is 1. The van der Waals surface area contributed by atoms with E-state index in [2.05, 4.69) is 5.43 Å². The van der Waals surface area contributed by atoms with E-state index in [0.717, 1.165) is 0 Å². The van der Waals surface area contributed by atoms with Crippen molar-refractivity contribution in [2.45, 2.75) is 26.3 Å². The summed E-state index contributed by atoms with van der Waals surface area (Å²) in [6, 6.07) is 11.2. The highest BCUT2D eigenvalue weighted by atomic mass is 35.5. The minimum atomic E-state index is -0.697. The van der Waals surface area contributed by atoms with Crippen LogP contribution in [0.5, 0.6) is 0 Å². The molecule has 0 fully saturated rings. The molecule has 0 saturated heterocycles. The van der Waals surface area contributed by atoms with Crippen LogP contribution in [0.1, 0.15) is 41.5 Å². The van der Waals surface area contributed by atoms with E-state index in [1.165, 1.54) is 17.1 Å². The van der Waals surface area contributed by atoms with Crippen LogP contribution in [0.15, 0.2) is 42.5 Å². The van der Waals surface area contributed by atoms with Crippen molar-refractivity contribution in [2.75, 3.05) is 0 Å². The molecule has 1 N–H and O–H groups in total. The molecule has 0 atom stereocenters. The predicted molar refractivity (Wildman–Crippen MR) is 101 cm³/mol. The minimum absolute atomic E-state index is 0.207. The van der Waals surface area contributed by atoms with Gasteiger partial charge in [0.1, 0.15) is 0 Å². The highest BCUT2D eigenvalue weighted by Gasteiger charge is 2.31. The summed E-state index contributed by atoms with van der Waals surface area (Å²) in [5.74, 6) is -0.937. The van der Waals surface area contributed by atoms with E-state index in [-0.39, 0.29) is 16.1 Å². The highest BCUT2D eigenvalue weighted by Crippen LogP contribution is 2.25. The van der Waals surface area contributed by atoms with Gasteiger partial charge in [-0.2, -0.15) is 0 Å². The van der Waals surface area contributed by atoms with Crippen LogP contribution in [0.3, 0.4) is 0 Å². The van der Waals surface area contributed by atoms with Gasteiger partial charge in [0.2, 0.25) is 0 Å². The van der Waals surface area contributed by atoms with Crippen LogP contribution < -0.4 is 5.43 Å². The monoisotopic (exact) mass is 398 g/mol. The van der Waals surface area contributed by atoms with Gasteiger partial charge in [-0.15, -0.1) is 0 Å². The van der Waals surface area contributed by atoms with Crippen molar-refractivity contribution in [1.82, 2.24) is 10.4 Å². The Morgan fingerprint density at radius 3 is 2.12 bits per heavy atom. The topological polar surface area (TPSA) is 49.4 Å². The first-order valence-corrected chi connectivity index (χ1v) is 8.60. The van der Waals surface area contributed by atoms with Gasteiger partial charge in [0.05, 0.1) is 26.7 Å². The highest BCUT2D eigenvalue weighted by molar-refractivity contribution is 6.37. The number of carbonyl (C=O) groups is 2. The Hall–Kier alpha value is -1.75. The average molecular weight is 400 g/mol. The molecule has 2 amide bonds. The third-order valence-corrected chi connectivity index (χ3v) is 4.24. The number of halogens is 3. The lowest BCUT2D eigenvalue weighted by atomic mass is 10.1. The van der Waals surface area contributed by atoms with Crippen LogP contribution in [-0.4, -0.2) is 22.4 Å². The molecule has 0 bridgehead atoms. The number of benzene rings is 2. The van der Waals surface area contributed by atoms with E-state index < -0.39 is 17.4 Å². The van der Waals surface area contributed by atoms with Gasteiger partial charge in [-0.3, -0.25) is 15.0 Å². The number of hydrazine groups is 1. The summed E-state index contributed by atoms with van der Waals surface area (Å²) in [6.45, 7) is 5.38. The molecule has 0 aliphatic carbocycles. The van der Waals surface area contributed by atoms with E-state index >= 15 is 0 Å². The summed E-state index contributed by atoms with van der Waals surface area (Å²) in [7, 11) is 0. The molecule has 2 aromatic rings. The fourth-order valence-electron chi connectivity index (χ4n) is 2.11. The summed E-state index contributed by atoms with van der Waals surface area (Å²) in [5, 5.41) is 2.15. The van der Waals surface area contributed by atoms with E-state index in [0.29, 0.717) is 10.0 Å². The molecule has 0 heterocycles. The first kappa shape index (κ1) is 19.6. The standard InChI is InChI=1S/C18H17Cl3N2O2/c1-18(2,3)23(17(25)13-9-8-11(19)10-15(13)21)22-16(24)12-6-4-5-7-14(12)20/h4-10H,1-3H3,(H,22,24). The molecule has 0 aliphatic rings. The molecule has 25 heavy (non-hydrogen) atoms. The summed E-state index contributed by atoms with van der Waals surface area (Å²) < 4.78 is 0. The minimum Gasteiger partial charge on any atom is -0.267 e. The van der Waals surface area contributed by atoms with Gasteiger partial charge in [-0.25, -0.2) is 5.01 Å². The quantitative estimate of drug-likeness (QED) is 0.703. The first-order chi connectivity index (χ1) is 11.6. The molecule has 4 nitrogen and oxygen atoms in total. The summed E-state index contributed by atoms with van der Waals surface area (Å²) in [4.78, 5) is 25.5. The zero-order valence-corrected chi connectivity index (χ0v) is 16.2. The average Bonchev–Trinajstić information content (AvgIpc) is 2.51. The van der Waals surface area contributed by atoms with Gasteiger partial charge >= 0.3 is 0 Å². The van der Waals surface area contributed by atoms with E-state index in [1.807, 2.05) is 0 Å². The normalized spacial score (nSPS) is 11.1. The largest absolute Gasteiger partial charge is 0.274 e. The zero-order valence-electron chi connectivity index (χ0n) is 13.9. The summed E-state index contributed by atoms with van der Waals surface area (Å²) >= 11 is 18.1. The molecule has 0 unspecified atom stereocenters. The van der Waals surface area contributed by atoms with E-state index in [4.69, 9.17) is 34.8 Å². The lowest BCUT2D eigenvalue weighted by Gasteiger charge is -2.35. The summed E-state index contributed by atoms with van der Waals surface area (Å²) in [6.07, 6.45) is 0. The number of carbonyl (C=O) groups excluding carboxylic acids is 2. The van der Waals surface area contributed by atoms with Crippen LogP contribution in [0.25, 0.3) is 0 Å². The Kier molecular flexibility index (Phi) is 5.99. The Bertz CT molecular complexity index is 816. The molecular weight excluding hydrogens is 383 g/mol. The number of hydrogen-bond acceptors (Lipinski definition) is 2. The molecule has 7 heteroatoms. The summed E-state index contributed by atoms with van der Waals surface area (Å²) in [5.41, 5.74) is 2.43. The van der Waals surface area contributed by atoms with Crippen molar-refractivity contribution in [2.24, 2.45) is 0 Å². The van der Waals surface area contributed by atoms with Crippen molar-refractivity contribution in [1.29, 1.82) is 0 Å². The molecule has 0 spiro atoms.